The standard InChI is InChI=1S/C13H15ClN2O/c14-7-3-8-15-13(17)16-9-6-11-4-1-2-5-12(11)10-16/h1-5,7H,6,8-10H2,(H,15,17). The fourth-order valence-electron chi connectivity index (χ4n) is 1.97. The minimum Gasteiger partial charge on any atom is -0.334 e. The molecule has 0 atom stereocenters. The van der Waals surface area contributed by atoms with Crippen molar-refractivity contribution in [2.45, 2.75) is 13.0 Å². The Morgan fingerprint density at radius 1 is 1.41 bits per heavy atom. The number of benzene rings is 1. The maximum atomic E-state index is 11.8. The van der Waals surface area contributed by atoms with Crippen molar-refractivity contribution in [3.8, 4) is 0 Å². The summed E-state index contributed by atoms with van der Waals surface area (Å²) in [5.74, 6) is 0. The Morgan fingerprint density at radius 3 is 2.94 bits per heavy atom. The van der Waals surface area contributed by atoms with Gasteiger partial charge in [0.2, 0.25) is 0 Å². The molecule has 1 aliphatic heterocycles. The number of amides is 2. The monoisotopic (exact) mass is 250 g/mol. The summed E-state index contributed by atoms with van der Waals surface area (Å²) in [5.41, 5.74) is 3.99. The molecule has 0 fully saturated rings. The Bertz CT molecular complexity index is 431. The molecular formula is C13H15ClN2O. The third-order valence-electron chi connectivity index (χ3n) is 2.88. The highest BCUT2D eigenvalue weighted by Gasteiger charge is 2.19. The molecule has 0 radical (unpaired) electrons. The number of nitrogens with zero attached hydrogens (tertiary/aromatic N) is 1. The van der Waals surface area contributed by atoms with Crippen LogP contribution in [0.1, 0.15) is 11.1 Å². The molecule has 17 heavy (non-hydrogen) atoms. The fraction of sp³-hybridized carbons (Fsp3) is 0.308. The lowest BCUT2D eigenvalue weighted by atomic mass is 10.0. The molecule has 0 saturated heterocycles. The van der Waals surface area contributed by atoms with Crippen LogP contribution in [0.2, 0.25) is 0 Å². The van der Waals surface area contributed by atoms with Crippen molar-refractivity contribution in [2.24, 2.45) is 0 Å². The highest BCUT2D eigenvalue weighted by Crippen LogP contribution is 2.18. The maximum absolute atomic E-state index is 11.8. The number of carbonyl (C=O) groups is 1. The number of fused-ring (bicyclic) bond motifs is 1. The quantitative estimate of drug-likeness (QED) is 0.860. The third kappa shape index (κ3) is 3.01. The van der Waals surface area contributed by atoms with E-state index in [1.54, 1.807) is 6.08 Å². The van der Waals surface area contributed by atoms with Gasteiger partial charge in [-0.25, -0.2) is 4.79 Å². The zero-order chi connectivity index (χ0) is 12.1. The van der Waals surface area contributed by atoms with Crippen LogP contribution in [0, 0.1) is 0 Å². The lowest BCUT2D eigenvalue weighted by molar-refractivity contribution is 0.193. The second kappa shape index (κ2) is 5.73. The summed E-state index contributed by atoms with van der Waals surface area (Å²) >= 11 is 5.39. The first-order chi connectivity index (χ1) is 8.31. The van der Waals surface area contributed by atoms with Crippen LogP contribution < -0.4 is 5.32 Å². The topological polar surface area (TPSA) is 32.3 Å². The van der Waals surface area contributed by atoms with Gasteiger partial charge in [0.25, 0.3) is 0 Å². The highest BCUT2D eigenvalue weighted by molar-refractivity contribution is 6.25. The van der Waals surface area contributed by atoms with Crippen LogP contribution in [0.15, 0.2) is 35.9 Å². The van der Waals surface area contributed by atoms with E-state index in [-0.39, 0.29) is 6.03 Å². The molecule has 1 N–H and O–H groups in total. The van der Waals surface area contributed by atoms with E-state index < -0.39 is 0 Å². The van der Waals surface area contributed by atoms with Crippen molar-refractivity contribution in [3.63, 3.8) is 0 Å². The van der Waals surface area contributed by atoms with Gasteiger partial charge in [0.05, 0.1) is 0 Å². The molecule has 0 unspecified atom stereocenters. The first-order valence-corrected chi connectivity index (χ1v) is 6.09. The minimum absolute atomic E-state index is 0.0331. The van der Waals surface area contributed by atoms with E-state index in [1.807, 2.05) is 17.0 Å². The Hall–Kier alpha value is -1.48. The highest BCUT2D eigenvalue weighted by atomic mass is 35.5. The Labute approximate surface area is 106 Å². The Balaban J connectivity index is 1.95. The van der Waals surface area contributed by atoms with Gasteiger partial charge >= 0.3 is 6.03 Å². The summed E-state index contributed by atoms with van der Waals surface area (Å²) in [5, 5.41) is 2.80. The largest absolute Gasteiger partial charge is 0.334 e. The van der Waals surface area contributed by atoms with E-state index in [1.165, 1.54) is 16.7 Å². The van der Waals surface area contributed by atoms with Gasteiger partial charge in [-0.15, -0.1) is 0 Å². The molecule has 90 valence electrons. The van der Waals surface area contributed by atoms with E-state index in [0.717, 1.165) is 13.0 Å². The normalized spacial score (nSPS) is 14.8. The predicted molar refractivity (Wildman–Crippen MR) is 68.9 cm³/mol. The molecule has 3 nitrogen and oxygen atoms in total. The molecule has 4 heteroatoms. The van der Waals surface area contributed by atoms with Gasteiger partial charge in [-0.1, -0.05) is 41.9 Å². The van der Waals surface area contributed by atoms with Gasteiger partial charge in [-0.3, -0.25) is 0 Å². The van der Waals surface area contributed by atoms with E-state index in [9.17, 15) is 4.79 Å². The lowest BCUT2D eigenvalue weighted by Crippen LogP contribution is -2.42. The van der Waals surface area contributed by atoms with Crippen LogP contribution in [0.5, 0.6) is 0 Å². The predicted octanol–water partition coefficient (Wildman–Crippen LogP) is 2.51. The zero-order valence-corrected chi connectivity index (χ0v) is 10.3. The number of nitrogens with one attached hydrogen (secondary N) is 1. The van der Waals surface area contributed by atoms with Crippen LogP contribution in [0.3, 0.4) is 0 Å². The molecule has 1 aliphatic rings. The maximum Gasteiger partial charge on any atom is 0.317 e. The van der Waals surface area contributed by atoms with Gasteiger partial charge in [0.15, 0.2) is 0 Å². The minimum atomic E-state index is -0.0331. The Kier molecular flexibility index (Phi) is 4.04. The Morgan fingerprint density at radius 2 is 2.18 bits per heavy atom. The summed E-state index contributed by atoms with van der Waals surface area (Å²) in [6.45, 7) is 1.93. The molecule has 1 heterocycles. The zero-order valence-electron chi connectivity index (χ0n) is 9.53. The fourth-order valence-corrected chi connectivity index (χ4v) is 2.06. The smallest absolute Gasteiger partial charge is 0.317 e. The molecular weight excluding hydrogens is 236 g/mol. The summed E-state index contributed by atoms with van der Waals surface area (Å²) in [4.78, 5) is 13.6. The first-order valence-electron chi connectivity index (χ1n) is 5.66. The molecule has 1 aromatic rings. The second-order valence-electron chi connectivity index (χ2n) is 3.99. The van der Waals surface area contributed by atoms with Crippen LogP contribution in [0.25, 0.3) is 0 Å². The van der Waals surface area contributed by atoms with Crippen molar-refractivity contribution in [1.29, 1.82) is 0 Å². The van der Waals surface area contributed by atoms with Gasteiger partial charge in [-0.2, -0.15) is 0 Å². The van der Waals surface area contributed by atoms with E-state index in [2.05, 4.69) is 17.4 Å². The van der Waals surface area contributed by atoms with Crippen molar-refractivity contribution in [2.75, 3.05) is 13.1 Å². The average molecular weight is 251 g/mol. The van der Waals surface area contributed by atoms with Gasteiger partial charge in [-0.05, 0) is 17.5 Å². The van der Waals surface area contributed by atoms with Crippen molar-refractivity contribution in [3.05, 3.63) is 47.0 Å². The number of urea groups is 1. The third-order valence-corrected chi connectivity index (χ3v) is 3.06. The molecule has 2 rings (SSSR count). The molecule has 0 aliphatic carbocycles. The summed E-state index contributed by atoms with van der Waals surface area (Å²) < 4.78 is 0. The molecule has 2 amide bonds. The molecule has 1 aromatic carbocycles. The molecule has 0 bridgehead atoms. The second-order valence-corrected chi connectivity index (χ2v) is 4.24. The van der Waals surface area contributed by atoms with Crippen LogP contribution in [-0.2, 0) is 13.0 Å². The van der Waals surface area contributed by atoms with Crippen LogP contribution >= 0.6 is 11.6 Å². The van der Waals surface area contributed by atoms with Crippen LogP contribution in [-0.4, -0.2) is 24.0 Å². The molecule has 0 spiro atoms. The first kappa shape index (κ1) is 12.0. The number of halogens is 1. The van der Waals surface area contributed by atoms with Gasteiger partial charge in [0, 0.05) is 25.2 Å². The van der Waals surface area contributed by atoms with Gasteiger partial charge < -0.3 is 10.2 Å². The summed E-state index contributed by atoms with van der Waals surface area (Å²) in [7, 11) is 0. The van der Waals surface area contributed by atoms with Crippen molar-refractivity contribution in [1.82, 2.24) is 10.2 Å². The molecule has 0 saturated carbocycles. The summed E-state index contributed by atoms with van der Waals surface area (Å²) in [6.07, 6.45) is 2.63. The number of rotatable bonds is 2. The molecule has 0 aromatic heterocycles. The number of hydrogen-bond acceptors (Lipinski definition) is 1. The van der Waals surface area contributed by atoms with E-state index in [0.29, 0.717) is 13.1 Å². The van der Waals surface area contributed by atoms with E-state index in [4.69, 9.17) is 11.6 Å². The number of hydrogen-bond donors (Lipinski definition) is 1. The number of carbonyl (C=O) groups excluding carboxylic acids is 1. The SMILES string of the molecule is O=C(NCC=CCl)N1CCc2ccccc2C1. The van der Waals surface area contributed by atoms with E-state index >= 15 is 0 Å². The van der Waals surface area contributed by atoms with Gasteiger partial charge in [0.1, 0.15) is 0 Å². The van der Waals surface area contributed by atoms with Crippen LogP contribution in [0.4, 0.5) is 4.79 Å². The summed E-state index contributed by atoms with van der Waals surface area (Å²) in [6, 6.07) is 8.22. The van der Waals surface area contributed by atoms with Crippen molar-refractivity contribution >= 4 is 17.6 Å². The average Bonchev–Trinajstić information content (AvgIpc) is 2.38. The van der Waals surface area contributed by atoms with Crippen molar-refractivity contribution < 1.29 is 4.79 Å². The lowest BCUT2D eigenvalue weighted by Gasteiger charge is -2.28.